The number of nitrogen functional groups attached to an aromatic ring is 1. The molecule has 8 heteroatoms. The Labute approximate surface area is 191 Å². The Kier molecular flexibility index (Phi) is 5.30. The molecule has 1 aliphatic rings. The molecule has 2 atom stereocenters. The van der Waals surface area contributed by atoms with Gasteiger partial charge in [-0.05, 0) is 50.3 Å². The van der Waals surface area contributed by atoms with Gasteiger partial charge in [0.1, 0.15) is 5.69 Å². The molecular formula is C25H26N6O2. The van der Waals surface area contributed by atoms with E-state index in [1.165, 1.54) is 0 Å². The average Bonchev–Trinajstić information content (AvgIpc) is 3.56. The van der Waals surface area contributed by atoms with Crippen LogP contribution in [0.3, 0.4) is 0 Å². The van der Waals surface area contributed by atoms with E-state index < -0.39 is 0 Å². The topological polar surface area (TPSA) is 126 Å². The van der Waals surface area contributed by atoms with Crippen LogP contribution >= 0.6 is 0 Å². The first-order chi connectivity index (χ1) is 15.9. The lowest BCUT2D eigenvalue weighted by Gasteiger charge is -2.15. The van der Waals surface area contributed by atoms with Gasteiger partial charge in [-0.3, -0.25) is 4.79 Å². The molecule has 0 radical (unpaired) electrons. The molecular weight excluding hydrogens is 416 g/mol. The highest BCUT2D eigenvalue weighted by Crippen LogP contribution is 2.39. The van der Waals surface area contributed by atoms with E-state index in [9.17, 15) is 4.79 Å². The van der Waals surface area contributed by atoms with E-state index in [2.05, 4.69) is 17.1 Å². The number of nitrogens with zero attached hydrogens (tertiary/aromatic N) is 4. The van der Waals surface area contributed by atoms with Crippen molar-refractivity contribution in [3.63, 3.8) is 0 Å². The summed E-state index contributed by atoms with van der Waals surface area (Å²) in [5.41, 5.74) is 16.5. The molecule has 168 valence electrons. The van der Waals surface area contributed by atoms with Crippen LogP contribution in [0.1, 0.15) is 44.3 Å². The Morgan fingerprint density at radius 2 is 1.91 bits per heavy atom. The third kappa shape index (κ3) is 4.17. The standard InChI is InChI=1S/C25H26N6O2/c1-14(26)17-4-3-5-18(10-17)20-11-22(33-30-20)24-25(27)28-12-21(29-24)19-8-9-23(32)31(13-19)15(2)16-6-7-16/h3-5,8-16H,6-7,26H2,1-2H3,(H2,27,28). The zero-order valence-corrected chi connectivity index (χ0v) is 18.6. The molecule has 0 aliphatic heterocycles. The summed E-state index contributed by atoms with van der Waals surface area (Å²) in [6, 6.07) is 13.0. The van der Waals surface area contributed by atoms with Gasteiger partial charge in [-0.25, -0.2) is 9.97 Å². The normalized spacial score (nSPS) is 15.4. The molecule has 5 rings (SSSR count). The van der Waals surface area contributed by atoms with Gasteiger partial charge in [-0.1, -0.05) is 23.4 Å². The maximum atomic E-state index is 12.4. The summed E-state index contributed by atoms with van der Waals surface area (Å²) in [6.45, 7) is 4.02. The second kappa shape index (κ2) is 8.29. The first-order valence-corrected chi connectivity index (χ1v) is 11.1. The number of pyridine rings is 1. The maximum Gasteiger partial charge on any atom is 0.250 e. The molecule has 1 aromatic carbocycles. The van der Waals surface area contributed by atoms with Crippen LogP contribution in [0.4, 0.5) is 5.82 Å². The Balaban J connectivity index is 1.50. The van der Waals surface area contributed by atoms with Gasteiger partial charge in [0.25, 0.3) is 5.56 Å². The van der Waals surface area contributed by atoms with E-state index in [0.29, 0.717) is 28.8 Å². The van der Waals surface area contributed by atoms with Crippen LogP contribution in [0.5, 0.6) is 0 Å². The Morgan fingerprint density at radius 3 is 2.67 bits per heavy atom. The van der Waals surface area contributed by atoms with Crippen LogP contribution in [0.15, 0.2) is 64.2 Å². The molecule has 1 aliphatic carbocycles. The molecule has 2 unspecified atom stereocenters. The second-order valence-corrected chi connectivity index (χ2v) is 8.72. The highest BCUT2D eigenvalue weighted by atomic mass is 16.5. The number of aromatic nitrogens is 4. The maximum absolute atomic E-state index is 12.4. The van der Waals surface area contributed by atoms with Crippen molar-refractivity contribution < 1.29 is 4.52 Å². The minimum atomic E-state index is -0.0829. The lowest BCUT2D eigenvalue weighted by Crippen LogP contribution is -2.23. The van der Waals surface area contributed by atoms with Crippen LogP contribution in [0.25, 0.3) is 34.0 Å². The molecule has 3 aromatic heterocycles. The van der Waals surface area contributed by atoms with Crippen molar-refractivity contribution in [1.29, 1.82) is 0 Å². The average molecular weight is 443 g/mol. The Morgan fingerprint density at radius 1 is 1.09 bits per heavy atom. The van der Waals surface area contributed by atoms with Gasteiger partial charge in [0, 0.05) is 41.5 Å². The second-order valence-electron chi connectivity index (χ2n) is 8.72. The fraction of sp³-hybridized carbons (Fsp3) is 0.280. The first kappa shape index (κ1) is 21.1. The number of hydrogen-bond donors (Lipinski definition) is 2. The molecule has 1 saturated carbocycles. The fourth-order valence-corrected chi connectivity index (χ4v) is 4.00. The van der Waals surface area contributed by atoms with Crippen molar-refractivity contribution in [2.75, 3.05) is 5.73 Å². The van der Waals surface area contributed by atoms with E-state index >= 15 is 0 Å². The molecule has 8 nitrogen and oxygen atoms in total. The monoisotopic (exact) mass is 442 g/mol. The van der Waals surface area contributed by atoms with Gasteiger partial charge in [-0.2, -0.15) is 0 Å². The summed E-state index contributed by atoms with van der Waals surface area (Å²) in [4.78, 5) is 21.4. The predicted octanol–water partition coefficient (Wildman–Crippen LogP) is 4.20. The minimum Gasteiger partial charge on any atom is -0.382 e. The van der Waals surface area contributed by atoms with Gasteiger partial charge in [0.15, 0.2) is 17.3 Å². The summed E-state index contributed by atoms with van der Waals surface area (Å²) in [6.07, 6.45) is 5.77. The lowest BCUT2D eigenvalue weighted by molar-refractivity contribution is 0.434. The van der Waals surface area contributed by atoms with Crippen molar-refractivity contribution in [3.8, 4) is 34.0 Å². The summed E-state index contributed by atoms with van der Waals surface area (Å²) < 4.78 is 7.36. The zero-order valence-electron chi connectivity index (χ0n) is 18.6. The van der Waals surface area contributed by atoms with Crippen LogP contribution < -0.4 is 17.0 Å². The van der Waals surface area contributed by atoms with Crippen LogP contribution in [0, 0.1) is 5.92 Å². The molecule has 0 bridgehead atoms. The van der Waals surface area contributed by atoms with Crippen molar-refractivity contribution in [2.24, 2.45) is 11.7 Å². The van der Waals surface area contributed by atoms with Crippen LogP contribution in [-0.4, -0.2) is 19.7 Å². The molecule has 3 heterocycles. The lowest BCUT2D eigenvalue weighted by atomic mass is 10.0. The van der Waals surface area contributed by atoms with Gasteiger partial charge in [0.05, 0.1) is 11.9 Å². The number of nitrogens with two attached hydrogens (primary N) is 2. The zero-order chi connectivity index (χ0) is 23.1. The quantitative estimate of drug-likeness (QED) is 0.458. The van der Waals surface area contributed by atoms with E-state index in [1.807, 2.05) is 37.4 Å². The van der Waals surface area contributed by atoms with E-state index in [-0.39, 0.29) is 23.5 Å². The molecule has 0 spiro atoms. The Hall–Kier alpha value is -3.78. The molecule has 4 aromatic rings. The number of anilines is 1. The Bertz CT molecular complexity index is 1370. The van der Waals surface area contributed by atoms with Crippen molar-refractivity contribution in [2.45, 2.75) is 38.8 Å². The SMILES string of the molecule is CC(N)c1cccc(-c2cc(-c3nc(-c4ccc(=O)n(C(C)C5CC5)c4)cnc3N)on2)c1. The third-order valence-corrected chi connectivity index (χ3v) is 6.23. The van der Waals surface area contributed by atoms with Gasteiger partial charge in [-0.15, -0.1) is 0 Å². The number of benzene rings is 1. The predicted molar refractivity (Wildman–Crippen MR) is 127 cm³/mol. The number of rotatable bonds is 6. The van der Waals surface area contributed by atoms with E-state index in [0.717, 1.165) is 29.5 Å². The molecule has 0 saturated heterocycles. The highest BCUT2D eigenvalue weighted by molar-refractivity contribution is 5.73. The minimum absolute atomic E-state index is 0.0179. The smallest absolute Gasteiger partial charge is 0.250 e. The van der Waals surface area contributed by atoms with Crippen LogP contribution in [0.2, 0.25) is 0 Å². The van der Waals surface area contributed by atoms with Crippen molar-refractivity contribution in [3.05, 3.63) is 70.8 Å². The first-order valence-electron chi connectivity index (χ1n) is 11.1. The van der Waals surface area contributed by atoms with E-state index in [1.54, 1.807) is 29.0 Å². The number of hydrogen-bond acceptors (Lipinski definition) is 7. The van der Waals surface area contributed by atoms with Crippen molar-refractivity contribution in [1.82, 2.24) is 19.7 Å². The molecule has 0 amide bonds. The highest BCUT2D eigenvalue weighted by Gasteiger charge is 2.29. The molecule has 33 heavy (non-hydrogen) atoms. The van der Waals surface area contributed by atoms with E-state index in [4.69, 9.17) is 21.0 Å². The summed E-state index contributed by atoms with van der Waals surface area (Å²) in [7, 11) is 0. The fourth-order valence-electron chi connectivity index (χ4n) is 4.00. The van der Waals surface area contributed by atoms with Gasteiger partial charge < -0.3 is 20.6 Å². The summed E-state index contributed by atoms with van der Waals surface area (Å²) in [5, 5.41) is 4.20. The largest absolute Gasteiger partial charge is 0.382 e. The molecule has 4 N–H and O–H groups in total. The van der Waals surface area contributed by atoms with Gasteiger partial charge >= 0.3 is 0 Å². The third-order valence-electron chi connectivity index (χ3n) is 6.23. The van der Waals surface area contributed by atoms with Gasteiger partial charge in [0.2, 0.25) is 0 Å². The van der Waals surface area contributed by atoms with Crippen LogP contribution in [-0.2, 0) is 0 Å². The molecule has 1 fully saturated rings. The van der Waals surface area contributed by atoms with Crippen molar-refractivity contribution >= 4 is 5.82 Å². The summed E-state index contributed by atoms with van der Waals surface area (Å²) >= 11 is 0. The summed E-state index contributed by atoms with van der Waals surface area (Å²) in [5.74, 6) is 1.22.